The van der Waals surface area contributed by atoms with E-state index in [1.54, 1.807) is 53.6 Å². The van der Waals surface area contributed by atoms with Gasteiger partial charge in [-0.05, 0) is 49.7 Å². The van der Waals surface area contributed by atoms with Crippen molar-refractivity contribution < 1.29 is 14.0 Å². The van der Waals surface area contributed by atoms with E-state index in [9.17, 15) is 14.4 Å². The largest absolute Gasteiger partial charge is 0.450 e. The first-order valence-electron chi connectivity index (χ1n) is 10.7. The number of anilines is 2. The minimum absolute atomic E-state index is 0.0444. The van der Waals surface area contributed by atoms with Gasteiger partial charge in [-0.3, -0.25) is 19.3 Å². The third-order valence-electron chi connectivity index (χ3n) is 6.48. The summed E-state index contributed by atoms with van der Waals surface area (Å²) in [5.41, 5.74) is 0.360. The fourth-order valence-corrected chi connectivity index (χ4v) is 5.11. The first kappa shape index (κ1) is 19.4. The van der Waals surface area contributed by atoms with Crippen molar-refractivity contribution in [3.8, 4) is 0 Å². The Morgan fingerprint density at radius 3 is 2.55 bits per heavy atom. The topological polar surface area (TPSA) is 83.7 Å². The number of amides is 2. The lowest BCUT2D eigenvalue weighted by atomic mass is 9.84. The molecule has 2 aromatic heterocycles. The monoisotopic (exact) mass is 437 g/mol. The molecule has 2 aromatic carbocycles. The molecular weight excluding hydrogens is 418 g/mol. The van der Waals surface area contributed by atoms with Crippen LogP contribution in [0.5, 0.6) is 0 Å². The van der Waals surface area contributed by atoms with Crippen molar-refractivity contribution in [1.82, 2.24) is 4.98 Å². The number of likely N-dealkylation sites (N-methyl/N-ethyl adjacent to an activating group) is 1. The second kappa shape index (κ2) is 6.62. The van der Waals surface area contributed by atoms with Crippen LogP contribution < -0.4 is 15.2 Å². The normalized spacial score (nSPS) is 19.0. The van der Waals surface area contributed by atoms with Gasteiger partial charge in [-0.2, -0.15) is 0 Å². The van der Waals surface area contributed by atoms with Gasteiger partial charge < -0.3 is 9.32 Å². The summed E-state index contributed by atoms with van der Waals surface area (Å²) in [6.07, 6.45) is 1.59. The standard InChI is InChI=1S/C26H19N3O4/c1-3-28-18-10-6-5-9-17(18)26(25(28)32)21-22(30)16-8-4-7-11-19(16)33-23(21)24(31)29(26)20-14-15(2)12-13-27-20/h4-14H,3H2,1-2H3. The van der Waals surface area contributed by atoms with Crippen LogP contribution >= 0.6 is 0 Å². The summed E-state index contributed by atoms with van der Waals surface area (Å²) in [7, 11) is 0. The lowest BCUT2D eigenvalue weighted by Crippen LogP contribution is -2.54. The van der Waals surface area contributed by atoms with Gasteiger partial charge in [-0.15, -0.1) is 0 Å². The van der Waals surface area contributed by atoms with Crippen molar-refractivity contribution in [3.05, 3.63) is 99.5 Å². The van der Waals surface area contributed by atoms with Crippen molar-refractivity contribution in [2.24, 2.45) is 0 Å². The average molecular weight is 437 g/mol. The molecule has 0 aliphatic carbocycles. The molecule has 0 saturated heterocycles. The molecule has 0 fully saturated rings. The van der Waals surface area contributed by atoms with Crippen LogP contribution in [0, 0.1) is 6.92 Å². The summed E-state index contributed by atoms with van der Waals surface area (Å²) < 4.78 is 6.01. The first-order chi connectivity index (χ1) is 16.0. The Hall–Kier alpha value is -4.26. The molecule has 6 rings (SSSR count). The smallest absolute Gasteiger partial charge is 0.297 e. The van der Waals surface area contributed by atoms with E-state index in [0.717, 1.165) is 5.56 Å². The highest BCUT2D eigenvalue weighted by Crippen LogP contribution is 2.53. The van der Waals surface area contributed by atoms with Gasteiger partial charge in [-0.25, -0.2) is 4.98 Å². The Kier molecular flexibility index (Phi) is 3.90. The molecule has 0 N–H and O–H groups in total. The van der Waals surface area contributed by atoms with Crippen LogP contribution in [0.3, 0.4) is 0 Å². The maximum atomic E-state index is 14.2. The molecule has 162 valence electrons. The molecule has 2 amide bonds. The zero-order chi connectivity index (χ0) is 22.9. The van der Waals surface area contributed by atoms with Crippen LogP contribution in [-0.2, 0) is 10.3 Å². The van der Waals surface area contributed by atoms with Gasteiger partial charge in [0.2, 0.25) is 5.76 Å². The maximum absolute atomic E-state index is 14.2. The maximum Gasteiger partial charge on any atom is 0.297 e. The molecule has 2 aliphatic rings. The van der Waals surface area contributed by atoms with Crippen molar-refractivity contribution in [2.75, 3.05) is 16.3 Å². The van der Waals surface area contributed by atoms with Crippen molar-refractivity contribution >= 4 is 34.3 Å². The summed E-state index contributed by atoms with van der Waals surface area (Å²) in [5.74, 6) is -0.768. The number of hydrogen-bond acceptors (Lipinski definition) is 5. The quantitative estimate of drug-likeness (QED) is 0.477. The average Bonchev–Trinajstić information content (AvgIpc) is 3.23. The van der Waals surface area contributed by atoms with Crippen LogP contribution in [0.4, 0.5) is 11.5 Å². The van der Waals surface area contributed by atoms with Crippen molar-refractivity contribution in [3.63, 3.8) is 0 Å². The molecule has 1 atom stereocenters. The second-order valence-electron chi connectivity index (χ2n) is 8.24. The fraction of sp³-hybridized carbons (Fsp3) is 0.154. The van der Waals surface area contributed by atoms with Crippen LogP contribution in [0.15, 0.2) is 76.1 Å². The highest BCUT2D eigenvalue weighted by atomic mass is 16.3. The highest BCUT2D eigenvalue weighted by molar-refractivity contribution is 6.24. The van der Waals surface area contributed by atoms with Gasteiger partial charge in [0.25, 0.3) is 11.8 Å². The Labute approximate surface area is 188 Å². The van der Waals surface area contributed by atoms with Gasteiger partial charge in [0, 0.05) is 18.3 Å². The molecule has 0 bridgehead atoms. The Bertz CT molecular complexity index is 1560. The van der Waals surface area contributed by atoms with E-state index in [1.807, 2.05) is 32.0 Å². The van der Waals surface area contributed by atoms with Crippen LogP contribution in [0.1, 0.15) is 34.2 Å². The molecule has 7 heteroatoms. The number of pyridine rings is 1. The number of rotatable bonds is 2. The lowest BCUT2D eigenvalue weighted by Gasteiger charge is -2.33. The number of carbonyl (C=O) groups excluding carboxylic acids is 2. The molecule has 4 aromatic rings. The molecule has 33 heavy (non-hydrogen) atoms. The van der Waals surface area contributed by atoms with E-state index in [0.29, 0.717) is 28.8 Å². The molecule has 1 spiro atoms. The number of carbonyl (C=O) groups is 2. The highest BCUT2D eigenvalue weighted by Gasteiger charge is 2.65. The SMILES string of the molecule is CCN1C(=O)C2(c3ccccc31)c1c(oc3ccccc3c1=O)C(=O)N2c1cc(C)ccn1. The van der Waals surface area contributed by atoms with Gasteiger partial charge in [-0.1, -0.05) is 30.3 Å². The third kappa shape index (κ3) is 2.28. The Morgan fingerprint density at radius 1 is 1.00 bits per heavy atom. The predicted octanol–water partition coefficient (Wildman–Crippen LogP) is 3.77. The molecule has 7 nitrogen and oxygen atoms in total. The predicted molar refractivity (Wildman–Crippen MR) is 124 cm³/mol. The van der Waals surface area contributed by atoms with E-state index < -0.39 is 16.9 Å². The lowest BCUT2D eigenvalue weighted by molar-refractivity contribution is -0.121. The fourth-order valence-electron chi connectivity index (χ4n) is 5.11. The van der Waals surface area contributed by atoms with E-state index in [1.165, 1.54) is 4.90 Å². The van der Waals surface area contributed by atoms with Gasteiger partial charge in [0.1, 0.15) is 11.4 Å². The summed E-state index contributed by atoms with van der Waals surface area (Å²) in [5, 5.41) is 0.322. The van der Waals surface area contributed by atoms with E-state index in [-0.39, 0.29) is 23.0 Å². The minimum atomic E-state index is -1.69. The van der Waals surface area contributed by atoms with E-state index in [2.05, 4.69) is 4.98 Å². The van der Waals surface area contributed by atoms with E-state index >= 15 is 0 Å². The molecule has 2 aliphatic heterocycles. The number of aromatic nitrogens is 1. The zero-order valence-electron chi connectivity index (χ0n) is 18.0. The summed E-state index contributed by atoms with van der Waals surface area (Å²) in [6, 6.07) is 17.6. The number of benzene rings is 2. The van der Waals surface area contributed by atoms with Gasteiger partial charge in [0.05, 0.1) is 16.6 Å². The molecule has 1 unspecified atom stereocenters. The van der Waals surface area contributed by atoms with Crippen molar-refractivity contribution in [2.45, 2.75) is 19.4 Å². The number of aryl methyl sites for hydroxylation is 1. The molecule has 0 saturated carbocycles. The number of fused-ring (bicyclic) bond motifs is 5. The Balaban J connectivity index is 1.81. The summed E-state index contributed by atoms with van der Waals surface area (Å²) >= 11 is 0. The number of para-hydroxylation sites is 2. The van der Waals surface area contributed by atoms with Crippen LogP contribution in [-0.4, -0.2) is 23.3 Å². The van der Waals surface area contributed by atoms with Gasteiger partial charge in [0.15, 0.2) is 11.0 Å². The minimum Gasteiger partial charge on any atom is -0.450 e. The number of hydrogen-bond donors (Lipinski definition) is 0. The molecule has 4 heterocycles. The van der Waals surface area contributed by atoms with E-state index in [4.69, 9.17) is 4.42 Å². The first-order valence-corrected chi connectivity index (χ1v) is 10.7. The number of nitrogens with zero attached hydrogens (tertiary/aromatic N) is 3. The molecule has 0 radical (unpaired) electrons. The Morgan fingerprint density at radius 2 is 1.76 bits per heavy atom. The summed E-state index contributed by atoms with van der Waals surface area (Å²) in [6.45, 7) is 4.13. The third-order valence-corrected chi connectivity index (χ3v) is 6.48. The summed E-state index contributed by atoms with van der Waals surface area (Å²) in [4.78, 5) is 49.4. The molecular formula is C26H19N3O4. The van der Waals surface area contributed by atoms with Crippen molar-refractivity contribution in [1.29, 1.82) is 0 Å². The second-order valence-corrected chi connectivity index (χ2v) is 8.24. The van der Waals surface area contributed by atoms with Gasteiger partial charge >= 0.3 is 0 Å². The zero-order valence-corrected chi connectivity index (χ0v) is 18.0. The van der Waals surface area contributed by atoms with Crippen LogP contribution in [0.2, 0.25) is 0 Å². The van der Waals surface area contributed by atoms with Crippen LogP contribution in [0.25, 0.3) is 11.0 Å².